The van der Waals surface area contributed by atoms with E-state index in [2.05, 4.69) is 16.0 Å². The summed E-state index contributed by atoms with van der Waals surface area (Å²) in [4.78, 5) is 133. The van der Waals surface area contributed by atoms with Crippen molar-refractivity contribution in [3.05, 3.63) is 108 Å². The van der Waals surface area contributed by atoms with Crippen LogP contribution in [0.3, 0.4) is 0 Å². The second-order valence-corrected chi connectivity index (χ2v) is 24.2. The van der Waals surface area contributed by atoms with Gasteiger partial charge >= 0.3 is 5.97 Å². The third-order valence-electron chi connectivity index (χ3n) is 15.7. The van der Waals surface area contributed by atoms with Crippen molar-refractivity contribution in [2.45, 2.75) is 147 Å². The van der Waals surface area contributed by atoms with Crippen LogP contribution in [-0.2, 0) is 62.4 Å². The number of ether oxygens (including phenoxy) is 1. The number of benzene rings is 3. The average molecular weight is 1130 g/mol. The number of fused-ring (bicyclic) bond motifs is 3. The number of thioether (sulfide) groups is 2. The molecule has 7 amide bonds. The molecule has 0 aliphatic carbocycles. The maximum absolute atomic E-state index is 15.0. The number of amides is 7. The molecule has 4 bridgehead atoms. The standard InChI is InChI=1S/C60H79N9O9S2/c1-11-42-54-64-44(34-79-54)56(73)66(8)46(30-39-22-15-12-16-23-39)52(71)65-49(35(2)3)53(72)61-38(7)37(6)60(77)78-48(32-41-26-19-14-20-27-41)58(75)68(10)50(36(4)5)59(76)69-29-21-28-45(69)57(74)67(9)47(31-40-24-17-13-18-25-40)55-63-43(33-80-55)51(70)62-42/h12-20,22-27,35-38,42-50H,11,21,28-34H2,1-10H3,(H,61,72)(H,62,70)(H,65,71)/t37-,38-,42+,43-,44-,45-,46+,47+,48-,49+,50-/m0/s1. The Morgan fingerprint density at radius 3 is 1.70 bits per heavy atom. The van der Waals surface area contributed by atoms with Gasteiger partial charge < -0.3 is 40.3 Å². The molecule has 0 radical (unpaired) electrons. The van der Waals surface area contributed by atoms with Gasteiger partial charge in [0.15, 0.2) is 6.10 Å². The minimum Gasteiger partial charge on any atom is -0.452 e. The van der Waals surface area contributed by atoms with Crippen LogP contribution in [0.2, 0.25) is 0 Å². The number of rotatable bonds is 9. The molecule has 4 aliphatic heterocycles. The number of likely N-dealkylation sites (N-methyl/N-ethyl adjacent to an activating group) is 3. The van der Waals surface area contributed by atoms with E-state index < -0.39 is 114 Å². The van der Waals surface area contributed by atoms with E-state index in [9.17, 15) is 33.6 Å². The van der Waals surface area contributed by atoms with Gasteiger partial charge in [-0.3, -0.25) is 48.3 Å². The summed E-state index contributed by atoms with van der Waals surface area (Å²) in [6.45, 7) is 12.6. The predicted molar refractivity (Wildman–Crippen MR) is 313 cm³/mol. The molecule has 4 aliphatic rings. The zero-order valence-electron chi connectivity index (χ0n) is 47.7. The molecule has 1 saturated heterocycles. The van der Waals surface area contributed by atoms with Crippen LogP contribution >= 0.6 is 23.5 Å². The second kappa shape index (κ2) is 27.8. The Hall–Kier alpha value is -6.54. The van der Waals surface area contributed by atoms with E-state index in [1.807, 2.05) is 112 Å². The summed E-state index contributed by atoms with van der Waals surface area (Å²) in [6, 6.07) is 20.4. The van der Waals surface area contributed by atoms with Crippen LogP contribution in [-0.4, -0.2) is 177 Å². The fraction of sp³-hybridized carbons (Fsp3) is 0.533. The molecule has 1 fully saturated rings. The highest BCUT2D eigenvalue weighted by atomic mass is 32.2. The van der Waals surface area contributed by atoms with E-state index in [1.54, 1.807) is 51.6 Å². The lowest BCUT2D eigenvalue weighted by Crippen LogP contribution is -2.59. The molecule has 11 atom stereocenters. The van der Waals surface area contributed by atoms with Crippen LogP contribution in [0.5, 0.6) is 0 Å². The number of hydrogen-bond donors (Lipinski definition) is 3. The molecule has 18 nitrogen and oxygen atoms in total. The first-order valence-corrected chi connectivity index (χ1v) is 29.9. The molecule has 3 aromatic rings. The van der Waals surface area contributed by atoms with Crippen LogP contribution in [0.15, 0.2) is 101 Å². The van der Waals surface area contributed by atoms with Gasteiger partial charge in [-0.25, -0.2) is 0 Å². The lowest BCUT2D eigenvalue weighted by atomic mass is 9.98. The zero-order chi connectivity index (χ0) is 57.9. The first-order valence-electron chi connectivity index (χ1n) is 27.9. The molecular weight excluding hydrogens is 1050 g/mol. The van der Waals surface area contributed by atoms with Crippen LogP contribution in [0.25, 0.3) is 0 Å². The van der Waals surface area contributed by atoms with Crippen molar-refractivity contribution >= 4 is 80.9 Å². The lowest BCUT2D eigenvalue weighted by Gasteiger charge is -2.38. The first-order chi connectivity index (χ1) is 38.2. The maximum Gasteiger partial charge on any atom is 0.311 e. The number of nitrogens with zero attached hydrogens (tertiary/aromatic N) is 6. The van der Waals surface area contributed by atoms with Crippen molar-refractivity contribution in [1.29, 1.82) is 0 Å². The van der Waals surface area contributed by atoms with Gasteiger partial charge in [-0.05, 0) is 68.1 Å². The van der Waals surface area contributed by atoms with Gasteiger partial charge in [-0.2, -0.15) is 0 Å². The molecule has 0 unspecified atom stereocenters. The van der Waals surface area contributed by atoms with E-state index in [0.717, 1.165) is 11.1 Å². The molecular formula is C60H79N9O9S2. The minimum atomic E-state index is -1.38. The maximum atomic E-state index is 15.0. The molecule has 0 spiro atoms. The number of cyclic esters (lactones) is 1. The minimum absolute atomic E-state index is 0.0140. The van der Waals surface area contributed by atoms with Crippen molar-refractivity contribution in [2.75, 3.05) is 39.2 Å². The monoisotopic (exact) mass is 1130 g/mol. The summed E-state index contributed by atoms with van der Waals surface area (Å²) in [5, 5.41) is 10.2. The highest BCUT2D eigenvalue weighted by Gasteiger charge is 2.46. The topological polar surface area (TPSA) is 220 Å². The van der Waals surface area contributed by atoms with Crippen molar-refractivity contribution < 1.29 is 43.1 Å². The van der Waals surface area contributed by atoms with Gasteiger partial charge in [0.1, 0.15) is 36.3 Å². The van der Waals surface area contributed by atoms with Crippen LogP contribution in [0.4, 0.5) is 0 Å². The van der Waals surface area contributed by atoms with Gasteiger partial charge in [0.25, 0.3) is 5.91 Å². The molecule has 0 saturated carbocycles. The first kappa shape index (κ1) is 61.1. The number of aliphatic imine (C=N–C) groups is 2. The average Bonchev–Trinajstić information content (AvgIpc) is 4.27. The van der Waals surface area contributed by atoms with Gasteiger partial charge in [-0.1, -0.05) is 126 Å². The summed E-state index contributed by atoms with van der Waals surface area (Å²) in [6.07, 6.45) is 0.540. The molecule has 4 heterocycles. The number of esters is 1. The third kappa shape index (κ3) is 14.7. The normalized spacial score (nSPS) is 28.5. The number of carbonyl (C=O) groups is 8. The van der Waals surface area contributed by atoms with Gasteiger partial charge in [-0.15, -0.1) is 23.5 Å². The molecule has 80 heavy (non-hydrogen) atoms. The highest BCUT2D eigenvalue weighted by Crippen LogP contribution is 2.31. The fourth-order valence-corrected chi connectivity index (χ4v) is 13.0. The largest absolute Gasteiger partial charge is 0.452 e. The van der Waals surface area contributed by atoms with Crippen molar-refractivity contribution in [3.63, 3.8) is 0 Å². The SMILES string of the molecule is CC[C@H]1NC(=O)[C@@H]2CSC(=N2)[C@@H](Cc2ccccc2)N(C)C(=O)[C@@H]2CCCN2C(=O)[C@H](C(C)C)N(C)C(=O)[C@H](Cc2ccccc2)OC(=O)[C@@H](C)[C@H](C)NC(=O)[C@@H](C(C)C)NC(=O)[C@@H](Cc2ccccc2)N(C)C(=O)[C@@H]2CSC1=N2. The Balaban J connectivity index is 1.25. The van der Waals surface area contributed by atoms with Crippen LogP contribution in [0.1, 0.15) is 84.4 Å². The van der Waals surface area contributed by atoms with E-state index in [1.165, 1.54) is 40.4 Å². The Labute approximate surface area is 479 Å². The summed E-state index contributed by atoms with van der Waals surface area (Å²) in [5.74, 6) is -5.21. The highest BCUT2D eigenvalue weighted by molar-refractivity contribution is 8.14. The van der Waals surface area contributed by atoms with Crippen LogP contribution < -0.4 is 16.0 Å². The Morgan fingerprint density at radius 2 is 1.12 bits per heavy atom. The fourth-order valence-electron chi connectivity index (χ4n) is 10.7. The van der Waals surface area contributed by atoms with Gasteiger partial charge in [0.05, 0.1) is 28.1 Å². The zero-order valence-corrected chi connectivity index (χ0v) is 49.3. The van der Waals surface area contributed by atoms with E-state index >= 15 is 4.79 Å². The quantitative estimate of drug-likeness (QED) is 0.243. The van der Waals surface area contributed by atoms with E-state index in [4.69, 9.17) is 14.7 Å². The van der Waals surface area contributed by atoms with E-state index in [-0.39, 0.29) is 37.0 Å². The van der Waals surface area contributed by atoms with Gasteiger partial charge in [0.2, 0.25) is 35.4 Å². The van der Waals surface area contributed by atoms with E-state index in [0.29, 0.717) is 47.1 Å². The van der Waals surface area contributed by atoms with Crippen molar-refractivity contribution in [3.8, 4) is 0 Å². The molecule has 20 heteroatoms. The third-order valence-corrected chi connectivity index (χ3v) is 18.0. The molecule has 0 aromatic heterocycles. The van der Waals surface area contributed by atoms with Crippen molar-refractivity contribution in [1.82, 2.24) is 35.6 Å². The lowest BCUT2D eigenvalue weighted by molar-refractivity contribution is -0.166. The number of hydrogen-bond acceptors (Lipinski definition) is 13. The summed E-state index contributed by atoms with van der Waals surface area (Å²) in [7, 11) is 4.78. The Kier molecular flexibility index (Phi) is 21.2. The number of nitrogens with one attached hydrogen (secondary N) is 3. The van der Waals surface area contributed by atoms with Gasteiger partial charge in [0, 0.05) is 58.1 Å². The summed E-state index contributed by atoms with van der Waals surface area (Å²) in [5.41, 5.74) is 2.44. The van der Waals surface area contributed by atoms with Crippen molar-refractivity contribution in [2.24, 2.45) is 27.7 Å². The Bertz CT molecular complexity index is 2770. The molecule has 7 rings (SSSR count). The predicted octanol–water partition coefficient (Wildman–Crippen LogP) is 4.97. The Morgan fingerprint density at radius 1 is 0.588 bits per heavy atom. The van der Waals surface area contributed by atoms with Crippen LogP contribution in [0, 0.1) is 17.8 Å². The molecule has 430 valence electrons. The molecule has 3 aromatic carbocycles. The molecule has 3 N–H and O–H groups in total. The number of carbonyl (C=O) groups excluding carboxylic acids is 8. The summed E-state index contributed by atoms with van der Waals surface area (Å²) < 4.78 is 6.13. The second-order valence-electron chi connectivity index (χ2n) is 22.1. The smallest absolute Gasteiger partial charge is 0.311 e. The summed E-state index contributed by atoms with van der Waals surface area (Å²) >= 11 is 2.78.